The Morgan fingerprint density at radius 2 is 1.78 bits per heavy atom. The van der Waals surface area contributed by atoms with Crippen LogP contribution in [0.4, 0.5) is 0 Å². The lowest BCUT2D eigenvalue weighted by Gasteiger charge is -2.32. The Morgan fingerprint density at radius 3 is 2.35 bits per heavy atom. The van der Waals surface area contributed by atoms with Gasteiger partial charge in [-0.25, -0.2) is 13.1 Å². The average molecular weight is 333 g/mol. The molecule has 0 heterocycles. The van der Waals surface area contributed by atoms with Gasteiger partial charge in [0, 0.05) is 13.7 Å². The minimum atomic E-state index is -3.57. The van der Waals surface area contributed by atoms with E-state index in [1.165, 1.54) is 0 Å². The van der Waals surface area contributed by atoms with Crippen LogP contribution in [0.5, 0.6) is 0 Å². The maximum atomic E-state index is 12.5. The number of ether oxygens (including phenoxy) is 1. The number of benzene rings is 2. The first-order valence-corrected chi connectivity index (χ1v) is 9.09. The van der Waals surface area contributed by atoms with Crippen molar-refractivity contribution in [2.24, 2.45) is 0 Å². The van der Waals surface area contributed by atoms with E-state index < -0.39 is 15.6 Å². The lowest BCUT2D eigenvalue weighted by molar-refractivity contribution is -0.0133. The molecule has 0 aliphatic rings. The second-order valence-corrected chi connectivity index (χ2v) is 7.33. The molecule has 4 nitrogen and oxygen atoms in total. The molecule has 2 aromatic carbocycles. The summed E-state index contributed by atoms with van der Waals surface area (Å²) in [6, 6.07) is 16.5. The molecular weight excluding hydrogens is 310 g/mol. The fourth-order valence-corrected chi connectivity index (χ4v) is 3.77. The van der Waals surface area contributed by atoms with Crippen molar-refractivity contribution < 1.29 is 13.2 Å². The van der Waals surface area contributed by atoms with Gasteiger partial charge in [-0.2, -0.15) is 0 Å². The van der Waals surface area contributed by atoms with Gasteiger partial charge in [0.25, 0.3) is 0 Å². The van der Waals surface area contributed by atoms with Crippen molar-refractivity contribution in [3.8, 4) is 0 Å². The summed E-state index contributed by atoms with van der Waals surface area (Å²) >= 11 is 0. The summed E-state index contributed by atoms with van der Waals surface area (Å²) in [5.74, 6) is 0. The first kappa shape index (κ1) is 17.7. The van der Waals surface area contributed by atoms with Crippen LogP contribution in [0.2, 0.25) is 0 Å². The van der Waals surface area contributed by atoms with Gasteiger partial charge in [0.05, 0.1) is 4.90 Å². The number of aryl methyl sites for hydroxylation is 1. The van der Waals surface area contributed by atoms with Crippen molar-refractivity contribution in [2.75, 3.05) is 13.7 Å². The van der Waals surface area contributed by atoms with Crippen LogP contribution in [-0.2, 0) is 20.4 Å². The van der Waals surface area contributed by atoms with E-state index in [0.717, 1.165) is 11.1 Å². The van der Waals surface area contributed by atoms with Crippen LogP contribution in [0.15, 0.2) is 59.5 Å². The van der Waals surface area contributed by atoms with Crippen molar-refractivity contribution >= 4 is 10.0 Å². The molecule has 2 aromatic rings. The van der Waals surface area contributed by atoms with Crippen LogP contribution in [0, 0.1) is 6.92 Å². The van der Waals surface area contributed by atoms with Gasteiger partial charge in [-0.1, -0.05) is 49.4 Å². The number of hydrogen-bond acceptors (Lipinski definition) is 3. The van der Waals surface area contributed by atoms with E-state index in [2.05, 4.69) is 4.72 Å². The topological polar surface area (TPSA) is 55.4 Å². The molecule has 0 spiro atoms. The summed E-state index contributed by atoms with van der Waals surface area (Å²) in [4.78, 5) is 0.270. The van der Waals surface area contributed by atoms with Crippen molar-refractivity contribution in [1.29, 1.82) is 0 Å². The zero-order valence-corrected chi connectivity index (χ0v) is 14.6. The summed E-state index contributed by atoms with van der Waals surface area (Å²) in [6.45, 7) is 4.03. The van der Waals surface area contributed by atoms with Gasteiger partial charge in [-0.3, -0.25) is 0 Å². The first-order valence-electron chi connectivity index (χ1n) is 7.60. The highest BCUT2D eigenvalue weighted by Gasteiger charge is 2.32. The Kier molecular flexibility index (Phi) is 5.57. The Hall–Kier alpha value is -1.69. The van der Waals surface area contributed by atoms with Gasteiger partial charge >= 0.3 is 0 Å². The largest absolute Gasteiger partial charge is 0.372 e. The predicted molar refractivity (Wildman–Crippen MR) is 91.8 cm³/mol. The minimum Gasteiger partial charge on any atom is -0.372 e. The fraction of sp³-hybridized carbons (Fsp3) is 0.333. The molecule has 0 bridgehead atoms. The van der Waals surface area contributed by atoms with Crippen molar-refractivity contribution in [3.63, 3.8) is 0 Å². The Balaban J connectivity index is 2.25. The third-order valence-corrected chi connectivity index (χ3v) is 5.51. The zero-order chi connectivity index (χ0) is 16.9. The van der Waals surface area contributed by atoms with Gasteiger partial charge in [0.1, 0.15) is 5.60 Å². The average Bonchev–Trinajstić information content (AvgIpc) is 2.57. The molecule has 1 N–H and O–H groups in total. The zero-order valence-electron chi connectivity index (χ0n) is 13.7. The SMILES string of the molecule is CCC(CNS(=O)(=O)c1cccc(C)c1)(OC)c1ccccc1. The van der Waals surface area contributed by atoms with E-state index in [1.807, 2.05) is 50.2 Å². The summed E-state index contributed by atoms with van der Waals surface area (Å²) in [5.41, 5.74) is 1.18. The second kappa shape index (κ2) is 7.25. The van der Waals surface area contributed by atoms with Gasteiger partial charge in [-0.15, -0.1) is 0 Å². The molecule has 0 saturated carbocycles. The van der Waals surface area contributed by atoms with Crippen LogP contribution in [-0.4, -0.2) is 22.1 Å². The summed E-state index contributed by atoms with van der Waals surface area (Å²) < 4.78 is 33.4. The quantitative estimate of drug-likeness (QED) is 0.846. The normalized spacial score (nSPS) is 14.4. The van der Waals surface area contributed by atoms with E-state index in [1.54, 1.807) is 25.3 Å². The summed E-state index contributed by atoms with van der Waals surface area (Å²) in [6.07, 6.45) is 0.657. The molecule has 1 atom stereocenters. The van der Waals surface area contributed by atoms with Crippen LogP contribution >= 0.6 is 0 Å². The minimum absolute atomic E-state index is 0.181. The van der Waals surface area contributed by atoms with Crippen molar-refractivity contribution in [2.45, 2.75) is 30.8 Å². The highest BCUT2D eigenvalue weighted by Crippen LogP contribution is 2.28. The molecule has 5 heteroatoms. The molecule has 0 fully saturated rings. The van der Waals surface area contributed by atoms with E-state index >= 15 is 0 Å². The van der Waals surface area contributed by atoms with Crippen LogP contribution < -0.4 is 4.72 Å². The number of rotatable bonds is 7. The molecular formula is C18H23NO3S. The molecule has 2 rings (SSSR count). The Labute approximate surface area is 138 Å². The lowest BCUT2D eigenvalue weighted by Crippen LogP contribution is -2.41. The third kappa shape index (κ3) is 3.99. The number of hydrogen-bond donors (Lipinski definition) is 1. The maximum Gasteiger partial charge on any atom is 0.240 e. The van der Waals surface area contributed by atoms with Gasteiger partial charge < -0.3 is 4.74 Å². The fourth-order valence-electron chi connectivity index (χ4n) is 2.58. The Bertz CT molecular complexity index is 738. The molecule has 0 saturated heterocycles. The highest BCUT2D eigenvalue weighted by molar-refractivity contribution is 7.89. The second-order valence-electron chi connectivity index (χ2n) is 5.56. The summed E-state index contributed by atoms with van der Waals surface area (Å²) in [7, 11) is -1.97. The summed E-state index contributed by atoms with van der Waals surface area (Å²) in [5, 5.41) is 0. The molecule has 1 unspecified atom stereocenters. The third-order valence-electron chi connectivity index (χ3n) is 4.11. The molecule has 0 aliphatic heterocycles. The van der Waals surface area contributed by atoms with E-state index in [9.17, 15) is 8.42 Å². The Morgan fingerprint density at radius 1 is 1.09 bits per heavy atom. The van der Waals surface area contributed by atoms with Crippen molar-refractivity contribution in [3.05, 3.63) is 65.7 Å². The number of sulfonamides is 1. The smallest absolute Gasteiger partial charge is 0.240 e. The van der Waals surface area contributed by atoms with E-state index in [4.69, 9.17) is 4.74 Å². The van der Waals surface area contributed by atoms with Crippen molar-refractivity contribution in [1.82, 2.24) is 4.72 Å². The van der Waals surface area contributed by atoms with Crippen LogP contribution in [0.3, 0.4) is 0 Å². The molecule has 124 valence electrons. The molecule has 0 aromatic heterocycles. The standard InChI is InChI=1S/C18H23NO3S/c1-4-18(22-3,16-10-6-5-7-11-16)14-19-23(20,21)17-12-8-9-15(2)13-17/h5-13,19H,4,14H2,1-3H3. The lowest BCUT2D eigenvalue weighted by atomic mass is 9.91. The molecule has 23 heavy (non-hydrogen) atoms. The molecule has 0 amide bonds. The number of methoxy groups -OCH3 is 1. The van der Waals surface area contributed by atoms with Crippen LogP contribution in [0.25, 0.3) is 0 Å². The maximum absolute atomic E-state index is 12.5. The van der Waals surface area contributed by atoms with Gasteiger partial charge in [0.15, 0.2) is 0 Å². The van der Waals surface area contributed by atoms with E-state index in [-0.39, 0.29) is 11.4 Å². The predicted octanol–water partition coefficient (Wildman–Crippen LogP) is 3.23. The van der Waals surface area contributed by atoms with E-state index in [0.29, 0.717) is 6.42 Å². The number of nitrogens with one attached hydrogen (secondary N) is 1. The van der Waals surface area contributed by atoms with Gasteiger partial charge in [0.2, 0.25) is 10.0 Å². The highest BCUT2D eigenvalue weighted by atomic mass is 32.2. The molecule has 0 radical (unpaired) electrons. The monoisotopic (exact) mass is 333 g/mol. The van der Waals surface area contributed by atoms with Gasteiger partial charge in [-0.05, 0) is 36.6 Å². The first-order chi connectivity index (χ1) is 10.9. The van der Waals surface area contributed by atoms with Crippen LogP contribution in [0.1, 0.15) is 24.5 Å². The molecule has 0 aliphatic carbocycles.